The van der Waals surface area contributed by atoms with Gasteiger partial charge in [0.15, 0.2) is 11.9 Å². The number of oxime groups is 1. The molecule has 5 aliphatic heterocycles. The Bertz CT molecular complexity index is 1950. The Morgan fingerprint density at radius 1 is 0.984 bits per heavy atom. The van der Waals surface area contributed by atoms with Gasteiger partial charge in [-0.15, -0.1) is 0 Å². The van der Waals surface area contributed by atoms with Crippen LogP contribution < -0.4 is 0 Å². The summed E-state index contributed by atoms with van der Waals surface area (Å²) in [5, 5.41) is 16.4. The SMILES string of the molecule is CC[C@H]1OC(=O)[C@@H](C)[C@H]2OCC(=NOCc3cccc(-c4ccccc4)c3)CO[C@](C)(C[C@@H](C)C3=NCCN4C(=O)O[C@@]1(C)[C@H]4[C@H]3C)[C@H](O[C@H]1O[C@@H](C)C[C@@H](N(C)C)[C@@H]1O)[C@H]2C. The van der Waals surface area contributed by atoms with E-state index < -0.39 is 71.8 Å². The van der Waals surface area contributed by atoms with Gasteiger partial charge < -0.3 is 43.3 Å². The van der Waals surface area contributed by atoms with Crippen molar-refractivity contribution in [3.05, 3.63) is 60.2 Å². The minimum Gasteiger partial charge on any atom is -0.458 e. The first kappa shape index (κ1) is 46.1. The number of rotatable bonds is 8. The summed E-state index contributed by atoms with van der Waals surface area (Å²) in [6.45, 7) is 16.9. The van der Waals surface area contributed by atoms with E-state index in [1.54, 1.807) is 11.8 Å². The van der Waals surface area contributed by atoms with Gasteiger partial charge >= 0.3 is 12.1 Å². The van der Waals surface area contributed by atoms with Crippen LogP contribution in [0.15, 0.2) is 64.7 Å². The zero-order chi connectivity index (χ0) is 44.5. The van der Waals surface area contributed by atoms with Gasteiger partial charge in [0.1, 0.15) is 24.5 Å². The van der Waals surface area contributed by atoms with Gasteiger partial charge in [0.05, 0.1) is 55.6 Å². The highest BCUT2D eigenvalue weighted by molar-refractivity contribution is 5.91. The Morgan fingerprint density at radius 3 is 2.45 bits per heavy atom. The van der Waals surface area contributed by atoms with Crippen molar-refractivity contribution < 1.29 is 48.0 Å². The molecule has 5 heterocycles. The molecule has 14 nitrogen and oxygen atoms in total. The largest absolute Gasteiger partial charge is 0.458 e. The van der Waals surface area contributed by atoms with Crippen LogP contribution in [0.25, 0.3) is 11.1 Å². The summed E-state index contributed by atoms with van der Waals surface area (Å²) in [4.78, 5) is 43.1. The maximum absolute atomic E-state index is 14.6. The number of ether oxygens (including phenoxy) is 6. The fourth-order valence-corrected chi connectivity index (χ4v) is 10.9. The second-order valence-corrected chi connectivity index (χ2v) is 18.9. The molecule has 4 bridgehead atoms. The standard InChI is InChI=1S/C48H68N4O10/c1-11-38-48(8)42-30(4)39(49-20-21-52(42)46(55)62-48)28(2)24-47(7)43(61-45-40(53)37(51(9)10)22-29(3)59-45)31(5)41(32(6)44(54)60-38)56-26-36(27-57-47)50-58-25-33-16-15-19-35(23-33)34-17-13-12-14-18-34/h12-19,23,28-32,37-38,40-43,45,53H,11,20-22,24-27H2,1-10H3/t28-,29+,30+,31+,32+,37-,38-,40+,41+,42-,43-,45-,47-,48-/m1/s1. The average Bonchev–Trinajstić information content (AvgIpc) is 3.39. The number of esters is 1. The molecule has 2 aromatic carbocycles. The lowest BCUT2D eigenvalue weighted by Crippen LogP contribution is -2.60. The van der Waals surface area contributed by atoms with E-state index in [2.05, 4.69) is 43.3 Å². The molecular weight excluding hydrogens is 793 g/mol. The van der Waals surface area contributed by atoms with Gasteiger partial charge in [-0.1, -0.05) is 81.4 Å². The third-order valence-electron chi connectivity index (χ3n) is 14.0. The first-order valence-electron chi connectivity index (χ1n) is 22.5. The van der Waals surface area contributed by atoms with Crippen molar-refractivity contribution in [2.45, 2.75) is 141 Å². The minimum absolute atomic E-state index is 0.00460. The number of amides is 1. The number of benzene rings is 2. The van der Waals surface area contributed by atoms with Crippen molar-refractivity contribution >= 4 is 23.5 Å². The quantitative estimate of drug-likeness (QED) is 0.229. The highest BCUT2D eigenvalue weighted by Gasteiger charge is 2.60. The Labute approximate surface area is 367 Å². The first-order valence-corrected chi connectivity index (χ1v) is 22.5. The number of aliphatic hydroxyl groups excluding tert-OH is 1. The van der Waals surface area contributed by atoms with E-state index in [1.165, 1.54) is 0 Å². The van der Waals surface area contributed by atoms with Gasteiger partial charge in [0.2, 0.25) is 0 Å². The number of aliphatic hydroxyl groups is 1. The lowest BCUT2D eigenvalue weighted by molar-refractivity contribution is -0.302. The van der Waals surface area contributed by atoms with Crippen LogP contribution in [0.3, 0.4) is 0 Å². The number of likely N-dealkylation sites (N-methyl/N-ethyl adjacent to an activating group) is 1. The summed E-state index contributed by atoms with van der Waals surface area (Å²) < 4.78 is 40.0. The summed E-state index contributed by atoms with van der Waals surface area (Å²) in [7, 11) is 3.88. The van der Waals surface area contributed by atoms with Crippen molar-refractivity contribution in [3.8, 4) is 11.1 Å². The van der Waals surface area contributed by atoms with Crippen LogP contribution in [0, 0.1) is 23.7 Å². The lowest BCUT2D eigenvalue weighted by Gasteiger charge is -2.48. The number of nitrogens with zero attached hydrogens (tertiary/aromatic N) is 4. The number of hydrogen-bond donors (Lipinski definition) is 1. The molecular formula is C48H68N4O10. The second kappa shape index (κ2) is 19.0. The van der Waals surface area contributed by atoms with Crippen molar-refractivity contribution in [2.75, 3.05) is 40.4 Å². The second-order valence-electron chi connectivity index (χ2n) is 18.9. The molecule has 0 unspecified atom stereocenters. The van der Waals surface area contributed by atoms with E-state index in [-0.39, 0.29) is 43.8 Å². The monoisotopic (exact) mass is 860 g/mol. The zero-order valence-electron chi connectivity index (χ0n) is 38.2. The molecule has 14 atom stereocenters. The van der Waals surface area contributed by atoms with E-state index in [4.69, 9.17) is 38.3 Å². The van der Waals surface area contributed by atoms with Crippen LogP contribution in [0.4, 0.5) is 4.79 Å². The van der Waals surface area contributed by atoms with E-state index >= 15 is 0 Å². The molecule has 1 N–H and O–H groups in total. The molecule has 340 valence electrons. The number of hydrogen-bond acceptors (Lipinski definition) is 13. The molecule has 14 heteroatoms. The van der Waals surface area contributed by atoms with Gasteiger partial charge in [0.25, 0.3) is 0 Å². The van der Waals surface area contributed by atoms with Gasteiger partial charge in [-0.25, -0.2) is 4.79 Å². The fourth-order valence-electron chi connectivity index (χ4n) is 10.9. The molecule has 0 aromatic heterocycles. The predicted octanol–water partition coefficient (Wildman–Crippen LogP) is 6.52. The minimum atomic E-state index is -1.14. The van der Waals surface area contributed by atoms with Gasteiger partial charge in [0, 0.05) is 30.1 Å². The molecule has 1 amide bonds. The number of aliphatic imine (C=N–C) groups is 1. The third-order valence-corrected chi connectivity index (χ3v) is 14.0. The molecule has 5 aliphatic rings. The molecule has 4 saturated heterocycles. The maximum Gasteiger partial charge on any atom is 0.410 e. The van der Waals surface area contributed by atoms with Crippen LogP contribution in [0.1, 0.15) is 80.2 Å². The molecule has 0 spiro atoms. The van der Waals surface area contributed by atoms with E-state index in [1.807, 2.05) is 83.9 Å². The average molecular weight is 861 g/mol. The van der Waals surface area contributed by atoms with E-state index in [0.29, 0.717) is 38.1 Å². The zero-order valence-corrected chi connectivity index (χ0v) is 38.2. The number of carbonyl (C=O) groups is 2. The topological polar surface area (TPSA) is 150 Å². The lowest BCUT2D eigenvalue weighted by atomic mass is 9.72. The molecule has 0 saturated carbocycles. The fraction of sp³-hybridized carbons (Fsp3) is 0.667. The highest BCUT2D eigenvalue weighted by Crippen LogP contribution is 2.45. The Hall–Kier alpha value is -3.92. The van der Waals surface area contributed by atoms with Crippen LogP contribution in [-0.2, 0) is 44.7 Å². The van der Waals surface area contributed by atoms with Crippen molar-refractivity contribution in [2.24, 2.45) is 33.8 Å². The molecule has 0 radical (unpaired) electrons. The number of carbonyl (C=O) groups excluding carboxylic acids is 2. The van der Waals surface area contributed by atoms with Crippen molar-refractivity contribution in [3.63, 3.8) is 0 Å². The molecule has 0 aliphatic carbocycles. The van der Waals surface area contributed by atoms with E-state index in [0.717, 1.165) is 22.4 Å². The van der Waals surface area contributed by atoms with Gasteiger partial charge in [-0.2, -0.15) is 0 Å². The molecule has 7 rings (SSSR count). The smallest absolute Gasteiger partial charge is 0.410 e. The van der Waals surface area contributed by atoms with E-state index in [9.17, 15) is 14.7 Å². The third kappa shape index (κ3) is 9.32. The van der Waals surface area contributed by atoms with Crippen LogP contribution >= 0.6 is 0 Å². The summed E-state index contributed by atoms with van der Waals surface area (Å²) in [5.74, 6) is -2.24. The van der Waals surface area contributed by atoms with Crippen molar-refractivity contribution in [1.82, 2.24) is 9.80 Å². The van der Waals surface area contributed by atoms with Gasteiger partial charge in [-0.05, 0) is 89.7 Å². The predicted molar refractivity (Wildman–Crippen MR) is 235 cm³/mol. The van der Waals surface area contributed by atoms with Crippen LogP contribution in [-0.4, -0.2) is 139 Å². The number of fused-ring (bicyclic) bond motifs is 4. The van der Waals surface area contributed by atoms with Crippen molar-refractivity contribution in [1.29, 1.82) is 0 Å². The molecule has 62 heavy (non-hydrogen) atoms. The summed E-state index contributed by atoms with van der Waals surface area (Å²) in [6.07, 6.45) is -3.42. The summed E-state index contributed by atoms with van der Waals surface area (Å²) in [5.41, 5.74) is 2.32. The van der Waals surface area contributed by atoms with Crippen LogP contribution in [0.2, 0.25) is 0 Å². The molecule has 4 fully saturated rings. The Balaban J connectivity index is 1.28. The Kier molecular flexibility index (Phi) is 14.2. The normalized spacial score (nSPS) is 38.9. The Morgan fingerprint density at radius 2 is 1.73 bits per heavy atom. The maximum atomic E-state index is 14.6. The van der Waals surface area contributed by atoms with Gasteiger partial charge in [-0.3, -0.25) is 14.7 Å². The first-order chi connectivity index (χ1) is 29.5. The summed E-state index contributed by atoms with van der Waals surface area (Å²) >= 11 is 0. The molecule has 2 aromatic rings. The summed E-state index contributed by atoms with van der Waals surface area (Å²) in [6, 6.07) is 17.7. The number of cyclic esters (lactones) is 1. The van der Waals surface area contributed by atoms with Crippen LogP contribution in [0.5, 0.6) is 0 Å². The highest BCUT2D eigenvalue weighted by atomic mass is 16.7.